The molecule has 0 bridgehead atoms. The number of aromatic nitrogens is 2. The molecule has 4 aromatic rings. The Morgan fingerprint density at radius 3 is 2.77 bits per heavy atom. The van der Waals surface area contributed by atoms with Gasteiger partial charge >= 0.3 is 0 Å². The molecular formula is C21H19ClN4O3S. The predicted molar refractivity (Wildman–Crippen MR) is 119 cm³/mol. The summed E-state index contributed by atoms with van der Waals surface area (Å²) in [5.74, 6) is 2.10. The molecule has 1 aromatic carbocycles. The minimum absolute atomic E-state index is 0.0995. The fourth-order valence-electron chi connectivity index (χ4n) is 2.96. The van der Waals surface area contributed by atoms with Crippen LogP contribution >= 0.6 is 22.9 Å². The van der Waals surface area contributed by atoms with Gasteiger partial charge in [0.1, 0.15) is 28.5 Å². The molecular weight excluding hydrogens is 424 g/mol. The number of amides is 1. The summed E-state index contributed by atoms with van der Waals surface area (Å²) in [5, 5.41) is 9.35. The lowest BCUT2D eigenvalue weighted by Crippen LogP contribution is -2.09. The number of benzene rings is 1. The number of carbonyl (C=O) groups is 1. The maximum Gasteiger partial charge on any atom is 0.221 e. The summed E-state index contributed by atoms with van der Waals surface area (Å²) >= 11 is 7.46. The van der Waals surface area contributed by atoms with E-state index in [0.717, 1.165) is 39.5 Å². The molecule has 0 aliphatic rings. The highest BCUT2D eigenvalue weighted by molar-refractivity contribution is 7.17. The molecule has 30 heavy (non-hydrogen) atoms. The van der Waals surface area contributed by atoms with Gasteiger partial charge in [-0.2, -0.15) is 0 Å². The van der Waals surface area contributed by atoms with Crippen molar-refractivity contribution in [2.45, 2.75) is 13.3 Å². The first kappa shape index (κ1) is 20.2. The van der Waals surface area contributed by atoms with Crippen LogP contribution in [0.5, 0.6) is 5.75 Å². The fourth-order valence-corrected chi connectivity index (χ4v) is 4.00. The molecule has 0 saturated heterocycles. The van der Waals surface area contributed by atoms with Crippen molar-refractivity contribution >= 4 is 50.6 Å². The molecule has 0 atom stereocenters. The van der Waals surface area contributed by atoms with E-state index in [9.17, 15) is 4.79 Å². The first-order valence-electron chi connectivity index (χ1n) is 9.32. The molecule has 0 radical (unpaired) electrons. The number of carbonyl (C=O) groups excluding carboxylic acids is 1. The van der Waals surface area contributed by atoms with Crippen LogP contribution in [0.25, 0.3) is 21.5 Å². The van der Waals surface area contributed by atoms with E-state index in [1.54, 1.807) is 12.4 Å². The van der Waals surface area contributed by atoms with Gasteiger partial charge in [0.2, 0.25) is 5.91 Å². The third kappa shape index (κ3) is 4.72. The van der Waals surface area contributed by atoms with Crippen LogP contribution in [0.15, 0.2) is 52.5 Å². The van der Waals surface area contributed by atoms with E-state index in [-0.39, 0.29) is 5.91 Å². The van der Waals surface area contributed by atoms with Gasteiger partial charge in [0, 0.05) is 30.1 Å². The minimum Gasteiger partial charge on any atom is -0.494 e. The van der Waals surface area contributed by atoms with Crippen molar-refractivity contribution in [2.75, 3.05) is 23.8 Å². The van der Waals surface area contributed by atoms with Gasteiger partial charge in [-0.15, -0.1) is 11.3 Å². The lowest BCUT2D eigenvalue weighted by molar-refractivity contribution is -0.114. The fraction of sp³-hybridized carbons (Fsp3) is 0.190. The number of anilines is 2. The normalized spacial score (nSPS) is 10.9. The van der Waals surface area contributed by atoms with E-state index in [2.05, 4.69) is 20.6 Å². The highest BCUT2D eigenvalue weighted by Crippen LogP contribution is 2.37. The van der Waals surface area contributed by atoms with E-state index in [1.807, 2.05) is 35.7 Å². The minimum atomic E-state index is -0.0995. The number of hydrogen-bond donors (Lipinski definition) is 2. The summed E-state index contributed by atoms with van der Waals surface area (Å²) in [6.07, 6.45) is 2.33. The first-order valence-corrected chi connectivity index (χ1v) is 10.6. The van der Waals surface area contributed by atoms with Crippen LogP contribution in [0, 0.1) is 0 Å². The number of halogens is 1. The van der Waals surface area contributed by atoms with E-state index in [0.29, 0.717) is 24.1 Å². The van der Waals surface area contributed by atoms with E-state index in [4.69, 9.17) is 20.8 Å². The van der Waals surface area contributed by atoms with Gasteiger partial charge < -0.3 is 19.8 Å². The maximum atomic E-state index is 11.1. The molecule has 4 rings (SSSR count). The molecule has 0 aliphatic heterocycles. The van der Waals surface area contributed by atoms with Gasteiger partial charge in [-0.05, 0) is 54.4 Å². The van der Waals surface area contributed by atoms with Crippen molar-refractivity contribution in [3.05, 3.63) is 53.3 Å². The lowest BCUT2D eigenvalue weighted by Gasteiger charge is -2.09. The molecule has 0 spiro atoms. The van der Waals surface area contributed by atoms with Gasteiger partial charge in [-0.3, -0.25) is 4.79 Å². The Morgan fingerprint density at radius 2 is 2.03 bits per heavy atom. The number of thiophene rings is 1. The summed E-state index contributed by atoms with van der Waals surface area (Å²) in [5.41, 5.74) is 1.66. The van der Waals surface area contributed by atoms with Crippen LogP contribution in [0.2, 0.25) is 5.22 Å². The number of nitrogens with one attached hydrogen (secondary N) is 2. The summed E-state index contributed by atoms with van der Waals surface area (Å²) in [6, 6.07) is 10.8. The monoisotopic (exact) mass is 442 g/mol. The van der Waals surface area contributed by atoms with E-state index in [1.165, 1.54) is 18.3 Å². The zero-order valence-electron chi connectivity index (χ0n) is 16.1. The highest BCUT2D eigenvalue weighted by Gasteiger charge is 2.15. The summed E-state index contributed by atoms with van der Waals surface area (Å²) in [4.78, 5) is 20.7. The second kappa shape index (κ2) is 9.15. The second-order valence-electron chi connectivity index (χ2n) is 6.49. The largest absolute Gasteiger partial charge is 0.494 e. The zero-order chi connectivity index (χ0) is 20.9. The number of nitrogens with zero attached hydrogens (tertiary/aromatic N) is 2. The summed E-state index contributed by atoms with van der Waals surface area (Å²) in [7, 11) is 0. The number of hydrogen-bond acceptors (Lipinski definition) is 7. The van der Waals surface area contributed by atoms with Gasteiger partial charge in [0.05, 0.1) is 12.0 Å². The first-order chi connectivity index (χ1) is 14.6. The van der Waals surface area contributed by atoms with Crippen LogP contribution in [0.1, 0.15) is 13.3 Å². The topological polar surface area (TPSA) is 89.3 Å². The molecule has 7 nitrogen and oxygen atoms in total. The molecule has 9 heteroatoms. The van der Waals surface area contributed by atoms with Gasteiger partial charge in [0.15, 0.2) is 5.22 Å². The Kier molecular flexibility index (Phi) is 6.15. The quantitative estimate of drug-likeness (QED) is 0.353. The maximum absolute atomic E-state index is 11.1. The number of furan rings is 1. The molecule has 0 unspecified atom stereocenters. The van der Waals surface area contributed by atoms with Crippen molar-refractivity contribution in [1.82, 2.24) is 9.97 Å². The van der Waals surface area contributed by atoms with E-state index >= 15 is 0 Å². The Balaban J connectivity index is 1.34. The Hall–Kier alpha value is -3.10. The van der Waals surface area contributed by atoms with Crippen LogP contribution in [-0.4, -0.2) is 29.0 Å². The van der Waals surface area contributed by atoms with Crippen LogP contribution in [-0.2, 0) is 4.79 Å². The SMILES string of the molecule is CC(=O)Nc1ccc(OCCCNc2ncnc3scc(-c4ccc(Cl)o4)c23)cc1. The third-order valence-electron chi connectivity index (χ3n) is 4.27. The summed E-state index contributed by atoms with van der Waals surface area (Å²) in [6.45, 7) is 2.71. The Labute approximate surface area is 182 Å². The molecule has 0 saturated carbocycles. The highest BCUT2D eigenvalue weighted by atomic mass is 35.5. The van der Waals surface area contributed by atoms with E-state index < -0.39 is 0 Å². The molecule has 0 aliphatic carbocycles. The third-order valence-corrected chi connectivity index (χ3v) is 5.36. The average molecular weight is 443 g/mol. The molecule has 0 fully saturated rings. The number of fused-ring (bicyclic) bond motifs is 1. The van der Waals surface area contributed by atoms with Crippen molar-refractivity contribution in [1.29, 1.82) is 0 Å². The van der Waals surface area contributed by atoms with Crippen LogP contribution < -0.4 is 15.4 Å². The standard InChI is InChI=1S/C21H19ClN4O3S/c1-13(27)26-14-3-5-15(6-4-14)28-10-2-9-23-20-19-16(17-7-8-18(22)29-17)11-30-21(19)25-12-24-20/h3-8,11-12H,2,9-10H2,1H3,(H,26,27)(H,23,24,25). The van der Waals surface area contributed by atoms with Gasteiger partial charge in [0.25, 0.3) is 0 Å². The Bertz CT molecular complexity index is 1160. The molecule has 1 amide bonds. The average Bonchev–Trinajstić information content (AvgIpc) is 3.35. The molecule has 3 heterocycles. The predicted octanol–water partition coefficient (Wildman–Crippen LogP) is 5.44. The molecule has 154 valence electrons. The Morgan fingerprint density at radius 1 is 1.20 bits per heavy atom. The van der Waals surface area contributed by atoms with Crippen LogP contribution in [0.3, 0.4) is 0 Å². The van der Waals surface area contributed by atoms with Gasteiger partial charge in [-0.25, -0.2) is 9.97 Å². The number of ether oxygens (including phenoxy) is 1. The lowest BCUT2D eigenvalue weighted by atomic mass is 10.2. The summed E-state index contributed by atoms with van der Waals surface area (Å²) < 4.78 is 11.3. The second-order valence-corrected chi connectivity index (χ2v) is 7.72. The molecule has 3 aromatic heterocycles. The molecule has 2 N–H and O–H groups in total. The van der Waals surface area contributed by atoms with Crippen molar-refractivity contribution in [2.24, 2.45) is 0 Å². The number of rotatable bonds is 8. The van der Waals surface area contributed by atoms with Gasteiger partial charge in [-0.1, -0.05) is 0 Å². The van der Waals surface area contributed by atoms with Crippen molar-refractivity contribution in [3.8, 4) is 17.1 Å². The van der Waals surface area contributed by atoms with Crippen molar-refractivity contribution in [3.63, 3.8) is 0 Å². The van der Waals surface area contributed by atoms with Crippen molar-refractivity contribution < 1.29 is 13.9 Å². The smallest absolute Gasteiger partial charge is 0.221 e. The van der Waals surface area contributed by atoms with Crippen LogP contribution in [0.4, 0.5) is 11.5 Å². The zero-order valence-corrected chi connectivity index (χ0v) is 17.7.